The zero-order chi connectivity index (χ0) is 17.9. The van der Waals surface area contributed by atoms with Gasteiger partial charge in [-0.3, -0.25) is 0 Å². The smallest absolute Gasteiger partial charge is 0.352 e. The number of nitrogens with zero attached hydrogens (tertiary/aromatic N) is 2. The fourth-order valence-electron chi connectivity index (χ4n) is 1.77. The molecular weight excluding hydrogens is 392 g/mol. The van der Waals surface area contributed by atoms with Gasteiger partial charge in [0.05, 0.1) is 4.47 Å². The van der Waals surface area contributed by atoms with Crippen LogP contribution in [0, 0.1) is 5.82 Å². The van der Waals surface area contributed by atoms with Gasteiger partial charge in [0, 0.05) is 17.8 Å². The molecule has 0 aliphatic carbocycles. The maximum absolute atomic E-state index is 13.5. The van der Waals surface area contributed by atoms with E-state index in [9.17, 15) is 17.6 Å². The number of benzene rings is 1. The van der Waals surface area contributed by atoms with Gasteiger partial charge in [-0.15, -0.1) is 0 Å². The van der Waals surface area contributed by atoms with Crippen molar-refractivity contribution in [2.45, 2.75) is 32.5 Å². The highest BCUT2D eigenvalue weighted by Crippen LogP contribution is 2.31. The maximum atomic E-state index is 13.5. The molecule has 0 amide bonds. The SMILES string of the molecule is CC[C@H](C)Nc1nc(Nc2ccc(Br)c(F)c2)cc(C(F)(F)F)n1. The molecule has 1 aromatic carbocycles. The predicted molar refractivity (Wildman–Crippen MR) is 87.8 cm³/mol. The molecule has 4 nitrogen and oxygen atoms in total. The molecule has 1 heterocycles. The van der Waals surface area contributed by atoms with Crippen molar-refractivity contribution in [3.63, 3.8) is 0 Å². The van der Waals surface area contributed by atoms with Crippen molar-refractivity contribution in [3.05, 3.63) is 40.2 Å². The van der Waals surface area contributed by atoms with Crippen LogP contribution in [0.25, 0.3) is 0 Å². The molecule has 0 spiro atoms. The molecule has 0 fully saturated rings. The van der Waals surface area contributed by atoms with E-state index in [0.717, 1.165) is 12.1 Å². The first kappa shape index (κ1) is 18.4. The minimum atomic E-state index is -4.61. The Hall–Kier alpha value is -1.90. The third kappa shape index (κ3) is 4.80. The van der Waals surface area contributed by atoms with Gasteiger partial charge in [-0.2, -0.15) is 18.2 Å². The lowest BCUT2D eigenvalue weighted by atomic mass is 10.3. The number of nitrogens with one attached hydrogen (secondary N) is 2. The van der Waals surface area contributed by atoms with E-state index in [1.807, 2.05) is 6.92 Å². The Labute approximate surface area is 144 Å². The van der Waals surface area contributed by atoms with Gasteiger partial charge in [-0.05, 0) is 47.5 Å². The quantitative estimate of drug-likeness (QED) is 0.656. The van der Waals surface area contributed by atoms with Crippen LogP contribution in [0.15, 0.2) is 28.7 Å². The molecule has 1 aromatic heterocycles. The van der Waals surface area contributed by atoms with Crippen molar-refractivity contribution in [2.24, 2.45) is 0 Å². The van der Waals surface area contributed by atoms with Crippen LogP contribution in [-0.2, 0) is 6.18 Å². The summed E-state index contributed by atoms with van der Waals surface area (Å²) in [5.74, 6) is -0.757. The van der Waals surface area contributed by atoms with Crippen LogP contribution in [-0.4, -0.2) is 16.0 Å². The lowest BCUT2D eigenvalue weighted by Crippen LogP contribution is -2.18. The predicted octanol–water partition coefficient (Wildman–Crippen LogP) is 5.35. The van der Waals surface area contributed by atoms with Gasteiger partial charge < -0.3 is 10.6 Å². The molecule has 1 atom stereocenters. The Morgan fingerprint density at radius 3 is 2.50 bits per heavy atom. The average molecular weight is 407 g/mol. The van der Waals surface area contributed by atoms with E-state index >= 15 is 0 Å². The number of rotatable bonds is 5. The summed E-state index contributed by atoms with van der Waals surface area (Å²) in [5.41, 5.74) is -0.805. The molecule has 0 bridgehead atoms. The largest absolute Gasteiger partial charge is 0.433 e. The van der Waals surface area contributed by atoms with E-state index in [0.29, 0.717) is 6.42 Å². The molecule has 2 rings (SSSR count). The third-order valence-corrected chi connectivity index (χ3v) is 3.84. The van der Waals surface area contributed by atoms with Gasteiger partial charge in [0.15, 0.2) is 5.69 Å². The Balaban J connectivity index is 2.36. The molecule has 0 radical (unpaired) electrons. The highest BCUT2D eigenvalue weighted by atomic mass is 79.9. The summed E-state index contributed by atoms with van der Waals surface area (Å²) in [5, 5.41) is 5.47. The van der Waals surface area contributed by atoms with Gasteiger partial charge in [0.25, 0.3) is 0 Å². The van der Waals surface area contributed by atoms with E-state index in [1.54, 1.807) is 6.92 Å². The average Bonchev–Trinajstić information content (AvgIpc) is 2.49. The summed E-state index contributed by atoms with van der Waals surface area (Å²) in [4.78, 5) is 7.51. The molecule has 0 aliphatic rings. The van der Waals surface area contributed by atoms with Crippen LogP contribution >= 0.6 is 15.9 Å². The zero-order valence-electron chi connectivity index (χ0n) is 12.9. The highest BCUT2D eigenvalue weighted by Gasteiger charge is 2.34. The van der Waals surface area contributed by atoms with Crippen molar-refractivity contribution in [1.82, 2.24) is 9.97 Å². The molecule has 9 heteroatoms. The van der Waals surface area contributed by atoms with E-state index in [-0.39, 0.29) is 28.0 Å². The fourth-order valence-corrected chi connectivity index (χ4v) is 2.01. The molecular formula is C15H15BrF4N4. The summed E-state index contributed by atoms with van der Waals surface area (Å²) in [6.45, 7) is 3.69. The van der Waals surface area contributed by atoms with Crippen LogP contribution in [0.1, 0.15) is 26.0 Å². The van der Waals surface area contributed by atoms with Crippen LogP contribution in [0.3, 0.4) is 0 Å². The number of hydrogen-bond acceptors (Lipinski definition) is 4. The van der Waals surface area contributed by atoms with Crippen LogP contribution < -0.4 is 10.6 Å². The van der Waals surface area contributed by atoms with Gasteiger partial charge in [0.1, 0.15) is 11.6 Å². The molecule has 0 aliphatic heterocycles. The first-order valence-corrected chi connectivity index (χ1v) is 7.93. The van der Waals surface area contributed by atoms with Crippen LogP contribution in [0.5, 0.6) is 0 Å². The molecule has 0 saturated heterocycles. The fraction of sp³-hybridized carbons (Fsp3) is 0.333. The summed E-state index contributed by atoms with van der Waals surface area (Å²) >= 11 is 3.01. The van der Waals surface area contributed by atoms with E-state index in [2.05, 4.69) is 36.5 Å². The summed E-state index contributed by atoms with van der Waals surface area (Å²) in [6, 6.07) is 4.81. The third-order valence-electron chi connectivity index (χ3n) is 3.20. The van der Waals surface area contributed by atoms with Gasteiger partial charge >= 0.3 is 6.18 Å². The highest BCUT2D eigenvalue weighted by molar-refractivity contribution is 9.10. The standard InChI is InChI=1S/C15H15BrF4N4/c1-3-8(2)21-14-23-12(15(18,19)20)7-13(24-14)22-9-4-5-10(16)11(17)6-9/h4-8H,3H2,1-2H3,(H2,21,22,23,24)/t8-/m0/s1. The monoisotopic (exact) mass is 406 g/mol. The molecule has 2 N–H and O–H groups in total. The van der Waals surface area contributed by atoms with Crippen molar-refractivity contribution in [2.75, 3.05) is 10.6 Å². The van der Waals surface area contributed by atoms with Crippen molar-refractivity contribution < 1.29 is 17.6 Å². The number of anilines is 3. The number of aromatic nitrogens is 2. The Bertz CT molecular complexity index is 721. The van der Waals surface area contributed by atoms with Gasteiger partial charge in [-0.1, -0.05) is 6.92 Å². The number of alkyl halides is 3. The second kappa shape index (κ2) is 7.33. The van der Waals surface area contributed by atoms with Crippen molar-refractivity contribution >= 4 is 33.4 Å². The normalized spacial score (nSPS) is 12.8. The van der Waals surface area contributed by atoms with Crippen molar-refractivity contribution in [1.29, 1.82) is 0 Å². The Morgan fingerprint density at radius 2 is 1.92 bits per heavy atom. The Morgan fingerprint density at radius 1 is 1.21 bits per heavy atom. The first-order chi connectivity index (χ1) is 11.2. The zero-order valence-corrected chi connectivity index (χ0v) is 14.5. The van der Waals surface area contributed by atoms with Gasteiger partial charge in [0.2, 0.25) is 5.95 Å². The first-order valence-electron chi connectivity index (χ1n) is 7.14. The Kier molecular flexibility index (Phi) is 5.63. The summed E-state index contributed by atoms with van der Waals surface area (Å²) in [6.07, 6.45) is -3.92. The topological polar surface area (TPSA) is 49.8 Å². The number of halogens is 5. The minimum absolute atomic E-state index is 0.0788. The maximum Gasteiger partial charge on any atom is 0.433 e. The minimum Gasteiger partial charge on any atom is -0.352 e. The number of hydrogen-bond donors (Lipinski definition) is 2. The van der Waals surface area contributed by atoms with Crippen LogP contribution in [0.2, 0.25) is 0 Å². The summed E-state index contributed by atoms with van der Waals surface area (Å²) < 4.78 is 52.8. The molecule has 0 unspecified atom stereocenters. The molecule has 130 valence electrons. The van der Waals surface area contributed by atoms with E-state index in [4.69, 9.17) is 0 Å². The molecule has 0 saturated carbocycles. The lowest BCUT2D eigenvalue weighted by Gasteiger charge is -2.15. The van der Waals surface area contributed by atoms with E-state index < -0.39 is 17.7 Å². The van der Waals surface area contributed by atoms with Crippen molar-refractivity contribution in [3.8, 4) is 0 Å². The van der Waals surface area contributed by atoms with Gasteiger partial charge in [-0.25, -0.2) is 9.37 Å². The van der Waals surface area contributed by atoms with Crippen LogP contribution in [0.4, 0.5) is 35.0 Å². The lowest BCUT2D eigenvalue weighted by molar-refractivity contribution is -0.141. The molecule has 24 heavy (non-hydrogen) atoms. The van der Waals surface area contributed by atoms with E-state index in [1.165, 1.54) is 12.1 Å². The summed E-state index contributed by atoms with van der Waals surface area (Å²) in [7, 11) is 0. The second-order valence-electron chi connectivity index (χ2n) is 5.17. The molecule has 2 aromatic rings. The second-order valence-corrected chi connectivity index (χ2v) is 6.02.